The average Bonchev–Trinajstić information content (AvgIpc) is 2.27. The average molecular weight is 271 g/mol. The second-order valence-electron chi connectivity index (χ2n) is 3.64. The maximum absolute atomic E-state index is 10.8. The van der Waals surface area contributed by atoms with E-state index in [1.807, 2.05) is 0 Å². The van der Waals surface area contributed by atoms with Crippen LogP contribution in [0.4, 0.5) is 11.4 Å². The van der Waals surface area contributed by atoms with Gasteiger partial charge >= 0.3 is 11.7 Å². The molecule has 19 heavy (non-hydrogen) atoms. The SMILES string of the molecule is Cc1c([N+](=O)[O-])cc([C@H](N)C(=O)O)c(O)c1[N+](=O)[O-]. The number of carboxylic acids is 1. The van der Waals surface area contributed by atoms with Crippen molar-refractivity contribution in [2.24, 2.45) is 5.73 Å². The summed E-state index contributed by atoms with van der Waals surface area (Å²) in [6.45, 7) is 1.08. The van der Waals surface area contributed by atoms with Crippen molar-refractivity contribution in [3.63, 3.8) is 0 Å². The van der Waals surface area contributed by atoms with Crippen LogP contribution < -0.4 is 5.73 Å². The number of carboxylic acid groups (broad SMARTS) is 1. The summed E-state index contributed by atoms with van der Waals surface area (Å²) in [5, 5.41) is 39.9. The van der Waals surface area contributed by atoms with E-state index in [0.717, 1.165) is 13.0 Å². The fourth-order valence-corrected chi connectivity index (χ4v) is 1.54. The van der Waals surface area contributed by atoms with Crippen LogP contribution in [-0.2, 0) is 4.79 Å². The summed E-state index contributed by atoms with van der Waals surface area (Å²) in [5.41, 5.74) is 2.64. The lowest BCUT2D eigenvalue weighted by Gasteiger charge is -2.10. The van der Waals surface area contributed by atoms with Crippen LogP contribution in [0.1, 0.15) is 17.2 Å². The molecule has 1 atom stereocenters. The zero-order chi connectivity index (χ0) is 14.9. The second kappa shape index (κ2) is 4.86. The Bertz CT molecular complexity index is 584. The molecule has 0 amide bonds. The second-order valence-corrected chi connectivity index (χ2v) is 3.64. The van der Waals surface area contributed by atoms with Crippen molar-refractivity contribution in [3.8, 4) is 5.75 Å². The third-order valence-electron chi connectivity index (χ3n) is 2.51. The van der Waals surface area contributed by atoms with E-state index >= 15 is 0 Å². The number of aliphatic carboxylic acids is 1. The third-order valence-corrected chi connectivity index (χ3v) is 2.51. The van der Waals surface area contributed by atoms with Gasteiger partial charge in [0.1, 0.15) is 11.6 Å². The largest absolute Gasteiger partial charge is 0.502 e. The molecule has 0 heterocycles. The smallest absolute Gasteiger partial charge is 0.325 e. The van der Waals surface area contributed by atoms with Crippen LogP contribution in [0.5, 0.6) is 5.75 Å². The van der Waals surface area contributed by atoms with Crippen LogP contribution in [0.25, 0.3) is 0 Å². The highest BCUT2D eigenvalue weighted by Gasteiger charge is 2.33. The number of carbonyl (C=O) groups is 1. The van der Waals surface area contributed by atoms with Gasteiger partial charge in [0.25, 0.3) is 5.69 Å². The molecule has 0 spiro atoms. The highest BCUT2D eigenvalue weighted by molar-refractivity contribution is 5.79. The monoisotopic (exact) mass is 271 g/mol. The summed E-state index contributed by atoms with van der Waals surface area (Å²) in [6, 6.07) is -1.09. The molecular formula is C9H9N3O7. The molecule has 0 aliphatic heterocycles. The number of phenolic OH excluding ortho intramolecular Hbond substituents is 1. The van der Waals surface area contributed by atoms with E-state index in [0.29, 0.717) is 0 Å². The van der Waals surface area contributed by atoms with Crippen LogP contribution >= 0.6 is 0 Å². The van der Waals surface area contributed by atoms with Gasteiger partial charge in [0, 0.05) is 11.6 Å². The topological polar surface area (TPSA) is 170 Å². The molecule has 0 saturated heterocycles. The number of phenols is 1. The van der Waals surface area contributed by atoms with Crippen LogP contribution in [0.15, 0.2) is 6.07 Å². The van der Waals surface area contributed by atoms with Gasteiger partial charge in [-0.15, -0.1) is 0 Å². The van der Waals surface area contributed by atoms with Crippen LogP contribution in [0.3, 0.4) is 0 Å². The Hall–Kier alpha value is -2.75. The summed E-state index contributed by atoms with van der Waals surface area (Å²) in [7, 11) is 0. The minimum absolute atomic E-state index is 0.381. The van der Waals surface area contributed by atoms with E-state index in [1.165, 1.54) is 0 Å². The molecule has 0 unspecified atom stereocenters. The van der Waals surface area contributed by atoms with Gasteiger partial charge < -0.3 is 15.9 Å². The maximum Gasteiger partial charge on any atom is 0.325 e. The first-order valence-electron chi connectivity index (χ1n) is 4.82. The molecule has 1 rings (SSSR count). The van der Waals surface area contributed by atoms with Crippen LogP contribution in [0.2, 0.25) is 0 Å². The van der Waals surface area contributed by atoms with Gasteiger partial charge in [-0.1, -0.05) is 0 Å². The van der Waals surface area contributed by atoms with Crippen molar-refractivity contribution in [2.45, 2.75) is 13.0 Å². The highest BCUT2D eigenvalue weighted by Crippen LogP contribution is 2.40. The molecular weight excluding hydrogens is 262 g/mol. The minimum Gasteiger partial charge on any atom is -0.502 e. The van der Waals surface area contributed by atoms with Crippen molar-refractivity contribution in [1.29, 1.82) is 0 Å². The molecule has 0 saturated carbocycles. The lowest BCUT2D eigenvalue weighted by atomic mass is 10.0. The summed E-state index contributed by atoms with van der Waals surface area (Å²) in [6.07, 6.45) is 0. The molecule has 0 aliphatic carbocycles. The number of nitro benzene ring substituents is 2. The van der Waals surface area contributed by atoms with Crippen LogP contribution in [-0.4, -0.2) is 26.0 Å². The zero-order valence-electron chi connectivity index (χ0n) is 9.56. The zero-order valence-corrected chi connectivity index (χ0v) is 9.56. The molecule has 1 aromatic carbocycles. The highest BCUT2D eigenvalue weighted by atomic mass is 16.6. The predicted octanol–water partition coefficient (Wildman–Crippen LogP) is 0.601. The van der Waals surface area contributed by atoms with E-state index in [4.69, 9.17) is 10.8 Å². The quantitative estimate of drug-likeness (QED) is 0.527. The maximum atomic E-state index is 10.8. The van der Waals surface area contributed by atoms with Crippen LogP contribution in [0, 0.1) is 27.2 Å². The molecule has 4 N–H and O–H groups in total. The fourth-order valence-electron chi connectivity index (χ4n) is 1.54. The normalized spacial score (nSPS) is 11.9. The van der Waals surface area contributed by atoms with E-state index < -0.39 is 44.5 Å². The van der Waals surface area contributed by atoms with Gasteiger partial charge in [-0.25, -0.2) is 0 Å². The number of benzene rings is 1. The summed E-state index contributed by atoms with van der Waals surface area (Å²) in [4.78, 5) is 30.3. The minimum atomic E-state index is -1.81. The number of hydrogen-bond acceptors (Lipinski definition) is 7. The van der Waals surface area contributed by atoms with Gasteiger partial charge in [-0.2, -0.15) is 0 Å². The Labute approximate surface area is 105 Å². The molecule has 0 radical (unpaired) electrons. The summed E-state index contributed by atoms with van der Waals surface area (Å²) < 4.78 is 0. The van der Waals surface area contributed by atoms with Crippen molar-refractivity contribution in [3.05, 3.63) is 37.4 Å². The van der Waals surface area contributed by atoms with Crippen molar-refractivity contribution in [2.75, 3.05) is 0 Å². The molecule has 0 fully saturated rings. The van der Waals surface area contributed by atoms with Gasteiger partial charge in [-0.05, 0) is 6.92 Å². The summed E-state index contributed by atoms with van der Waals surface area (Å²) >= 11 is 0. The lowest BCUT2D eigenvalue weighted by Crippen LogP contribution is -2.21. The Balaban J connectivity index is 3.71. The first kappa shape index (κ1) is 14.3. The van der Waals surface area contributed by atoms with Gasteiger partial charge in [0.05, 0.1) is 9.85 Å². The molecule has 102 valence electrons. The first-order chi connectivity index (χ1) is 8.68. The third kappa shape index (κ3) is 2.42. The number of nitrogens with two attached hydrogens (primary N) is 1. The number of aromatic hydroxyl groups is 1. The Morgan fingerprint density at radius 2 is 1.89 bits per heavy atom. The molecule has 0 bridgehead atoms. The fraction of sp³-hybridized carbons (Fsp3) is 0.222. The first-order valence-corrected chi connectivity index (χ1v) is 4.82. The number of nitrogens with zero attached hydrogens (tertiary/aromatic N) is 2. The molecule has 0 aromatic heterocycles. The number of nitro groups is 2. The van der Waals surface area contributed by atoms with E-state index in [-0.39, 0.29) is 5.56 Å². The Morgan fingerprint density at radius 3 is 2.26 bits per heavy atom. The van der Waals surface area contributed by atoms with E-state index in [2.05, 4.69) is 0 Å². The van der Waals surface area contributed by atoms with Gasteiger partial charge in [0.15, 0.2) is 0 Å². The van der Waals surface area contributed by atoms with Gasteiger partial charge in [-0.3, -0.25) is 25.0 Å². The standard InChI is InChI=1S/C9H9N3O7/c1-3-5(11(16)17)2-4(6(10)9(14)15)8(13)7(3)12(18)19/h2,6,13H,10H2,1H3,(H,14,15)/t6-/m0/s1. The van der Waals surface area contributed by atoms with Gasteiger partial charge in [0.2, 0.25) is 5.75 Å². The lowest BCUT2D eigenvalue weighted by molar-refractivity contribution is -0.396. The van der Waals surface area contributed by atoms with E-state index in [9.17, 15) is 30.1 Å². The molecule has 0 aliphatic rings. The Kier molecular flexibility index (Phi) is 3.66. The van der Waals surface area contributed by atoms with Crippen molar-refractivity contribution >= 4 is 17.3 Å². The van der Waals surface area contributed by atoms with Crippen molar-refractivity contribution < 1.29 is 24.9 Å². The predicted molar refractivity (Wildman–Crippen MR) is 60.7 cm³/mol. The number of hydrogen-bond donors (Lipinski definition) is 3. The van der Waals surface area contributed by atoms with E-state index in [1.54, 1.807) is 0 Å². The molecule has 1 aromatic rings. The summed E-state index contributed by atoms with van der Waals surface area (Å²) in [5.74, 6) is -2.56. The Morgan fingerprint density at radius 1 is 1.37 bits per heavy atom. The number of rotatable bonds is 4. The molecule has 10 nitrogen and oxygen atoms in total. The molecule has 10 heteroatoms. The van der Waals surface area contributed by atoms with Crippen molar-refractivity contribution in [1.82, 2.24) is 0 Å².